The van der Waals surface area contributed by atoms with E-state index in [4.69, 9.17) is 9.26 Å². The van der Waals surface area contributed by atoms with Crippen LogP contribution in [0, 0.1) is 17.8 Å². The number of piperidine rings is 1. The van der Waals surface area contributed by atoms with Gasteiger partial charge in [0.15, 0.2) is 15.7 Å². The lowest BCUT2D eigenvalue weighted by molar-refractivity contribution is 0.274. The molecule has 0 amide bonds. The molecule has 0 aromatic carbocycles. The van der Waals surface area contributed by atoms with E-state index in [9.17, 15) is 8.42 Å². The Morgan fingerprint density at radius 2 is 2.00 bits per heavy atom. The Kier molecular flexibility index (Phi) is 5.16. The second-order valence-electron chi connectivity index (χ2n) is 8.93. The summed E-state index contributed by atoms with van der Waals surface area (Å²) in [6.45, 7) is 2.61. The summed E-state index contributed by atoms with van der Waals surface area (Å²) in [5, 5.41) is 4.13. The molecule has 30 heavy (non-hydrogen) atoms. The molecule has 2 aromatic heterocycles. The third kappa shape index (κ3) is 4.45. The lowest BCUT2D eigenvalue weighted by atomic mass is 9.91. The second kappa shape index (κ2) is 7.83. The van der Waals surface area contributed by atoms with Gasteiger partial charge in [-0.1, -0.05) is 5.16 Å². The molecule has 0 spiro atoms. The number of hydrogen-bond acceptors (Lipinski definition) is 8. The van der Waals surface area contributed by atoms with E-state index in [1.807, 2.05) is 0 Å². The molecule has 0 N–H and O–H groups in total. The third-order valence-electron chi connectivity index (χ3n) is 6.64. The van der Waals surface area contributed by atoms with Gasteiger partial charge in [0.05, 0.1) is 11.5 Å². The lowest BCUT2D eigenvalue weighted by Gasteiger charge is -2.30. The molecule has 5 rings (SSSR count). The summed E-state index contributed by atoms with van der Waals surface area (Å²) in [7, 11) is -3.22. The van der Waals surface area contributed by atoms with Crippen molar-refractivity contribution in [2.45, 2.75) is 49.3 Å². The molecule has 0 bridgehead atoms. The summed E-state index contributed by atoms with van der Waals surface area (Å²) in [5.74, 6) is 4.18. The van der Waals surface area contributed by atoms with E-state index in [2.05, 4.69) is 20.0 Å². The fourth-order valence-electron chi connectivity index (χ4n) is 4.55. The van der Waals surface area contributed by atoms with Crippen molar-refractivity contribution in [1.82, 2.24) is 15.1 Å². The molecule has 2 aliphatic carbocycles. The van der Waals surface area contributed by atoms with E-state index < -0.39 is 9.84 Å². The highest BCUT2D eigenvalue weighted by Gasteiger charge is 2.43. The zero-order chi connectivity index (χ0) is 20.7. The van der Waals surface area contributed by atoms with E-state index in [0.717, 1.165) is 43.1 Å². The number of anilines is 1. The molecule has 3 aliphatic rings. The molecule has 0 radical (unpaired) electrons. The van der Waals surface area contributed by atoms with Crippen LogP contribution < -0.4 is 9.64 Å². The SMILES string of the molecule is CS(=O)(=O)c1ccc(OCC[C@@H]2C[C@@H]2C2CCN(c3nc(C4CC4)no3)CC2)nc1. The Labute approximate surface area is 176 Å². The normalized spacial score (nSPS) is 24.8. The number of aromatic nitrogens is 3. The molecule has 8 nitrogen and oxygen atoms in total. The van der Waals surface area contributed by atoms with Crippen molar-refractivity contribution in [3.63, 3.8) is 0 Å². The molecule has 0 unspecified atom stereocenters. The predicted molar refractivity (Wildman–Crippen MR) is 110 cm³/mol. The minimum absolute atomic E-state index is 0.216. The maximum absolute atomic E-state index is 11.5. The molecular formula is C21H28N4O4S. The monoisotopic (exact) mass is 432 g/mol. The number of hydrogen-bond donors (Lipinski definition) is 0. The number of nitrogens with zero attached hydrogens (tertiary/aromatic N) is 4. The zero-order valence-electron chi connectivity index (χ0n) is 17.2. The predicted octanol–water partition coefficient (Wildman–Crippen LogP) is 3.07. The van der Waals surface area contributed by atoms with Crippen molar-refractivity contribution in [3.8, 4) is 5.88 Å². The number of pyridine rings is 1. The van der Waals surface area contributed by atoms with Crippen LogP contribution in [0.3, 0.4) is 0 Å². The minimum atomic E-state index is -3.22. The summed E-state index contributed by atoms with van der Waals surface area (Å²) in [5.41, 5.74) is 0. The van der Waals surface area contributed by atoms with E-state index in [1.54, 1.807) is 12.1 Å². The average Bonchev–Trinajstić information content (AvgIpc) is 3.67. The topological polar surface area (TPSA) is 98.4 Å². The summed E-state index contributed by atoms with van der Waals surface area (Å²) in [4.78, 5) is 11.1. The van der Waals surface area contributed by atoms with Gasteiger partial charge in [0.2, 0.25) is 5.88 Å². The Hall–Kier alpha value is -2.16. The van der Waals surface area contributed by atoms with Gasteiger partial charge in [0.1, 0.15) is 0 Å². The van der Waals surface area contributed by atoms with Gasteiger partial charge >= 0.3 is 6.01 Å². The highest BCUT2D eigenvalue weighted by atomic mass is 32.2. The van der Waals surface area contributed by atoms with Crippen molar-refractivity contribution < 1.29 is 17.7 Å². The van der Waals surface area contributed by atoms with Gasteiger partial charge in [-0.15, -0.1) is 0 Å². The van der Waals surface area contributed by atoms with Crippen molar-refractivity contribution in [2.24, 2.45) is 17.8 Å². The Morgan fingerprint density at radius 3 is 2.67 bits per heavy atom. The lowest BCUT2D eigenvalue weighted by Crippen LogP contribution is -2.34. The number of ether oxygens (including phenoxy) is 1. The number of sulfone groups is 1. The van der Waals surface area contributed by atoms with Gasteiger partial charge in [0.25, 0.3) is 0 Å². The fraction of sp³-hybridized carbons (Fsp3) is 0.667. The molecule has 2 saturated carbocycles. The Morgan fingerprint density at radius 1 is 1.20 bits per heavy atom. The van der Waals surface area contributed by atoms with Crippen molar-refractivity contribution >= 4 is 15.9 Å². The van der Waals surface area contributed by atoms with Crippen LogP contribution in [0.5, 0.6) is 5.88 Å². The molecule has 1 saturated heterocycles. The van der Waals surface area contributed by atoms with Crippen LogP contribution in [0.2, 0.25) is 0 Å². The Balaban J connectivity index is 1.03. The Bertz CT molecular complexity index is 979. The summed E-state index contributed by atoms with van der Waals surface area (Å²) in [6.07, 6.45) is 9.57. The molecule has 3 heterocycles. The maximum Gasteiger partial charge on any atom is 0.324 e. The second-order valence-corrected chi connectivity index (χ2v) is 11.0. The molecule has 3 fully saturated rings. The molecule has 1 aliphatic heterocycles. The van der Waals surface area contributed by atoms with Crippen LogP contribution in [0.1, 0.15) is 50.3 Å². The first-order chi connectivity index (χ1) is 14.5. The first-order valence-electron chi connectivity index (χ1n) is 10.8. The number of rotatable bonds is 8. The molecular weight excluding hydrogens is 404 g/mol. The summed E-state index contributed by atoms with van der Waals surface area (Å²) >= 11 is 0. The van der Waals surface area contributed by atoms with Crippen LogP contribution in [-0.4, -0.2) is 49.5 Å². The zero-order valence-corrected chi connectivity index (χ0v) is 18.1. The minimum Gasteiger partial charge on any atom is -0.478 e. The van der Waals surface area contributed by atoms with Crippen LogP contribution in [-0.2, 0) is 9.84 Å². The largest absolute Gasteiger partial charge is 0.478 e. The fourth-order valence-corrected chi connectivity index (χ4v) is 5.11. The van der Waals surface area contributed by atoms with E-state index in [0.29, 0.717) is 24.4 Å². The third-order valence-corrected chi connectivity index (χ3v) is 7.74. The molecule has 9 heteroatoms. The van der Waals surface area contributed by atoms with Crippen molar-refractivity contribution in [3.05, 3.63) is 24.2 Å². The highest BCUT2D eigenvalue weighted by molar-refractivity contribution is 7.90. The van der Waals surface area contributed by atoms with Gasteiger partial charge in [-0.25, -0.2) is 13.4 Å². The van der Waals surface area contributed by atoms with Gasteiger partial charge in [0, 0.05) is 37.5 Å². The standard InChI is InChI=1S/C21H28N4O4S/c1-30(26,27)17-4-5-19(22-13-17)28-11-8-16-12-18(16)14-6-9-25(10-7-14)21-23-20(24-29-21)15-2-3-15/h4-5,13-16,18H,2-3,6-12H2,1H3/t16-,18-/m1/s1. The highest BCUT2D eigenvalue weighted by Crippen LogP contribution is 2.50. The van der Waals surface area contributed by atoms with E-state index >= 15 is 0 Å². The first-order valence-corrected chi connectivity index (χ1v) is 12.7. The van der Waals surface area contributed by atoms with Crippen LogP contribution in [0.4, 0.5) is 6.01 Å². The molecule has 162 valence electrons. The quantitative estimate of drug-likeness (QED) is 0.628. The first kappa shape index (κ1) is 19.8. The average molecular weight is 433 g/mol. The van der Waals surface area contributed by atoms with Crippen LogP contribution in [0.25, 0.3) is 0 Å². The summed E-state index contributed by atoms with van der Waals surface area (Å²) < 4.78 is 34.1. The molecule has 2 aromatic rings. The van der Waals surface area contributed by atoms with Gasteiger partial charge in [-0.2, -0.15) is 4.98 Å². The maximum atomic E-state index is 11.5. The van der Waals surface area contributed by atoms with Crippen molar-refractivity contribution in [2.75, 3.05) is 30.9 Å². The van der Waals surface area contributed by atoms with Crippen LogP contribution in [0.15, 0.2) is 27.7 Å². The molecule has 2 atom stereocenters. The van der Waals surface area contributed by atoms with Crippen LogP contribution >= 0.6 is 0 Å². The van der Waals surface area contributed by atoms with Crippen molar-refractivity contribution in [1.29, 1.82) is 0 Å². The van der Waals surface area contributed by atoms with E-state index in [-0.39, 0.29) is 4.90 Å². The van der Waals surface area contributed by atoms with E-state index in [1.165, 1.54) is 44.6 Å². The van der Waals surface area contributed by atoms with Gasteiger partial charge in [-0.3, -0.25) is 0 Å². The van der Waals surface area contributed by atoms with Gasteiger partial charge < -0.3 is 14.2 Å². The summed E-state index contributed by atoms with van der Waals surface area (Å²) in [6, 6.07) is 3.87. The smallest absolute Gasteiger partial charge is 0.324 e. The van der Waals surface area contributed by atoms with Gasteiger partial charge in [-0.05, 0) is 62.3 Å².